The predicted molar refractivity (Wildman–Crippen MR) is 71.7 cm³/mol. The second-order valence-corrected chi connectivity index (χ2v) is 5.69. The van der Waals surface area contributed by atoms with E-state index >= 15 is 0 Å². The van der Waals surface area contributed by atoms with Gasteiger partial charge in [0.2, 0.25) is 0 Å². The highest BCUT2D eigenvalue weighted by Crippen LogP contribution is 2.25. The maximum absolute atomic E-state index is 9.48. The number of ether oxygens (including phenoxy) is 1. The van der Waals surface area contributed by atoms with Crippen molar-refractivity contribution in [3.05, 3.63) is 23.9 Å². The van der Waals surface area contributed by atoms with Gasteiger partial charge in [-0.2, -0.15) is 0 Å². The van der Waals surface area contributed by atoms with Gasteiger partial charge in [-0.05, 0) is 39.3 Å². The Hall–Kier alpha value is -1.13. The normalized spacial score (nSPS) is 24.9. The van der Waals surface area contributed by atoms with Gasteiger partial charge in [-0.25, -0.2) is 4.98 Å². The fraction of sp³-hybridized carbons (Fsp3) is 0.643. The summed E-state index contributed by atoms with van der Waals surface area (Å²) < 4.78 is 5.88. The summed E-state index contributed by atoms with van der Waals surface area (Å²) in [6, 6.07) is 3.90. The van der Waals surface area contributed by atoms with Crippen LogP contribution in [-0.2, 0) is 4.74 Å². The first kappa shape index (κ1) is 13.3. The lowest BCUT2D eigenvalue weighted by Gasteiger charge is -2.42. The zero-order valence-electron chi connectivity index (χ0n) is 11.6. The van der Waals surface area contributed by atoms with Crippen LogP contribution >= 0.6 is 0 Å². The molecule has 4 heteroatoms. The molecule has 0 spiro atoms. The van der Waals surface area contributed by atoms with Crippen LogP contribution in [0.4, 0.5) is 5.82 Å². The van der Waals surface area contributed by atoms with Crippen molar-refractivity contribution < 1.29 is 9.84 Å². The van der Waals surface area contributed by atoms with E-state index in [9.17, 15) is 5.11 Å². The lowest BCUT2D eigenvalue weighted by Crippen LogP contribution is -2.52. The maximum atomic E-state index is 9.48. The summed E-state index contributed by atoms with van der Waals surface area (Å²) >= 11 is 0. The van der Waals surface area contributed by atoms with Crippen molar-refractivity contribution in [1.82, 2.24) is 4.98 Å². The second kappa shape index (κ2) is 4.86. The standard InChI is InChI=1S/C14H22N2O2/c1-10-8-16(9-14(3,4)18-10)13-6-5-12(7-15-13)11(2)17/h5-7,10-11,17H,8-9H2,1-4H3/t10?,11-/m1/s1. The molecule has 1 saturated heterocycles. The van der Waals surface area contributed by atoms with E-state index in [0.29, 0.717) is 0 Å². The number of hydrogen-bond acceptors (Lipinski definition) is 4. The number of aliphatic hydroxyl groups excluding tert-OH is 1. The molecule has 1 aliphatic rings. The third-order valence-electron chi connectivity index (χ3n) is 3.15. The molecule has 1 aromatic heterocycles. The molecule has 2 rings (SSSR count). The van der Waals surface area contributed by atoms with Gasteiger partial charge in [-0.1, -0.05) is 6.07 Å². The number of anilines is 1. The Labute approximate surface area is 109 Å². The monoisotopic (exact) mass is 250 g/mol. The highest BCUT2D eigenvalue weighted by Gasteiger charge is 2.31. The van der Waals surface area contributed by atoms with E-state index in [0.717, 1.165) is 24.5 Å². The molecule has 1 N–H and O–H groups in total. The number of rotatable bonds is 2. The fourth-order valence-electron chi connectivity index (χ4n) is 2.46. The van der Waals surface area contributed by atoms with Crippen molar-refractivity contribution in [2.75, 3.05) is 18.0 Å². The summed E-state index contributed by atoms with van der Waals surface area (Å²) in [7, 11) is 0. The fourth-order valence-corrected chi connectivity index (χ4v) is 2.46. The highest BCUT2D eigenvalue weighted by atomic mass is 16.5. The minimum atomic E-state index is -0.466. The minimum Gasteiger partial charge on any atom is -0.389 e. The summed E-state index contributed by atoms with van der Waals surface area (Å²) in [5.41, 5.74) is 0.696. The van der Waals surface area contributed by atoms with Crippen LogP contribution in [0, 0.1) is 0 Å². The molecule has 0 radical (unpaired) electrons. The minimum absolute atomic E-state index is 0.151. The molecule has 2 heterocycles. The Balaban J connectivity index is 2.15. The average Bonchev–Trinajstić information content (AvgIpc) is 2.26. The van der Waals surface area contributed by atoms with Gasteiger partial charge in [0, 0.05) is 19.3 Å². The molecule has 0 aromatic carbocycles. The Bertz CT molecular complexity index is 401. The third-order valence-corrected chi connectivity index (χ3v) is 3.15. The zero-order valence-corrected chi connectivity index (χ0v) is 11.6. The number of aliphatic hydroxyl groups is 1. The summed E-state index contributed by atoms with van der Waals surface area (Å²) in [6.07, 6.45) is 1.48. The molecule has 18 heavy (non-hydrogen) atoms. The van der Waals surface area contributed by atoms with Gasteiger partial charge in [0.25, 0.3) is 0 Å². The SMILES string of the molecule is CC1CN(c2ccc([C@@H](C)O)cn2)CC(C)(C)O1. The van der Waals surface area contributed by atoms with Gasteiger partial charge in [-0.3, -0.25) is 0 Å². The molecule has 1 fully saturated rings. The van der Waals surface area contributed by atoms with Gasteiger partial charge < -0.3 is 14.7 Å². The molecule has 2 atom stereocenters. The smallest absolute Gasteiger partial charge is 0.128 e. The molecule has 0 aliphatic carbocycles. The van der Waals surface area contributed by atoms with Crippen LogP contribution in [0.1, 0.15) is 39.4 Å². The third kappa shape index (κ3) is 3.00. The first-order valence-electron chi connectivity index (χ1n) is 6.44. The van der Waals surface area contributed by atoms with Crippen molar-refractivity contribution in [2.24, 2.45) is 0 Å². The van der Waals surface area contributed by atoms with Crippen molar-refractivity contribution in [3.8, 4) is 0 Å². The van der Waals surface area contributed by atoms with Crippen molar-refractivity contribution in [2.45, 2.75) is 45.5 Å². The van der Waals surface area contributed by atoms with E-state index in [1.165, 1.54) is 0 Å². The number of aromatic nitrogens is 1. The van der Waals surface area contributed by atoms with Crippen LogP contribution in [0.25, 0.3) is 0 Å². The summed E-state index contributed by atoms with van der Waals surface area (Å²) in [5.74, 6) is 0.947. The summed E-state index contributed by atoms with van der Waals surface area (Å²) in [4.78, 5) is 6.67. The second-order valence-electron chi connectivity index (χ2n) is 5.69. The first-order valence-corrected chi connectivity index (χ1v) is 6.44. The van der Waals surface area contributed by atoms with Crippen LogP contribution in [0.2, 0.25) is 0 Å². The van der Waals surface area contributed by atoms with Crippen LogP contribution in [0.3, 0.4) is 0 Å². The predicted octanol–water partition coefficient (Wildman–Crippen LogP) is 2.14. The van der Waals surface area contributed by atoms with Gasteiger partial charge in [-0.15, -0.1) is 0 Å². The first-order chi connectivity index (χ1) is 8.37. The molecule has 1 aliphatic heterocycles. The molecular weight excluding hydrogens is 228 g/mol. The molecule has 0 saturated carbocycles. The Morgan fingerprint density at radius 2 is 2.22 bits per heavy atom. The number of hydrogen-bond donors (Lipinski definition) is 1. The topological polar surface area (TPSA) is 45.6 Å². The Morgan fingerprint density at radius 3 is 2.72 bits per heavy atom. The van der Waals surface area contributed by atoms with E-state index < -0.39 is 6.10 Å². The lowest BCUT2D eigenvalue weighted by atomic mass is 10.1. The molecule has 1 aromatic rings. The van der Waals surface area contributed by atoms with E-state index in [1.807, 2.05) is 12.1 Å². The molecule has 100 valence electrons. The number of nitrogens with zero attached hydrogens (tertiary/aromatic N) is 2. The quantitative estimate of drug-likeness (QED) is 0.873. The molecule has 0 bridgehead atoms. The summed E-state index contributed by atoms with van der Waals surface area (Å²) in [6.45, 7) is 9.71. The molecular formula is C14H22N2O2. The summed E-state index contributed by atoms with van der Waals surface area (Å²) in [5, 5.41) is 9.48. The van der Waals surface area contributed by atoms with Gasteiger partial charge >= 0.3 is 0 Å². The lowest BCUT2D eigenvalue weighted by molar-refractivity contribution is -0.0751. The van der Waals surface area contributed by atoms with Gasteiger partial charge in [0.05, 0.1) is 17.8 Å². The van der Waals surface area contributed by atoms with Crippen LogP contribution in [-0.4, -0.2) is 34.9 Å². The number of morpholine rings is 1. The molecule has 4 nitrogen and oxygen atoms in total. The van der Waals surface area contributed by atoms with Crippen LogP contribution < -0.4 is 4.90 Å². The largest absolute Gasteiger partial charge is 0.389 e. The maximum Gasteiger partial charge on any atom is 0.128 e. The van der Waals surface area contributed by atoms with Gasteiger partial charge in [0.1, 0.15) is 5.82 Å². The highest BCUT2D eigenvalue weighted by molar-refractivity contribution is 5.41. The van der Waals surface area contributed by atoms with Crippen LogP contribution in [0.5, 0.6) is 0 Å². The van der Waals surface area contributed by atoms with Crippen molar-refractivity contribution in [1.29, 1.82) is 0 Å². The Kier molecular flexibility index (Phi) is 3.59. The molecule has 1 unspecified atom stereocenters. The Morgan fingerprint density at radius 1 is 1.50 bits per heavy atom. The van der Waals surface area contributed by atoms with Gasteiger partial charge in [0.15, 0.2) is 0 Å². The molecule has 0 amide bonds. The van der Waals surface area contributed by atoms with Crippen LogP contribution in [0.15, 0.2) is 18.3 Å². The van der Waals surface area contributed by atoms with E-state index in [2.05, 4.69) is 30.7 Å². The van der Waals surface area contributed by atoms with Crippen molar-refractivity contribution >= 4 is 5.82 Å². The van der Waals surface area contributed by atoms with E-state index in [-0.39, 0.29) is 11.7 Å². The van der Waals surface area contributed by atoms with E-state index in [4.69, 9.17) is 4.74 Å². The average molecular weight is 250 g/mol. The van der Waals surface area contributed by atoms with Crippen molar-refractivity contribution in [3.63, 3.8) is 0 Å². The number of pyridine rings is 1. The van der Waals surface area contributed by atoms with E-state index in [1.54, 1.807) is 13.1 Å². The zero-order chi connectivity index (χ0) is 13.3.